The Balaban J connectivity index is 1.66. The second-order valence-electron chi connectivity index (χ2n) is 9.08. The minimum atomic E-state index is -1.80. The van der Waals surface area contributed by atoms with Crippen LogP contribution in [0.1, 0.15) is 58.8 Å². The van der Waals surface area contributed by atoms with Crippen LogP contribution >= 0.6 is 0 Å². The molecule has 132 valence electrons. The number of ketones is 1. The van der Waals surface area contributed by atoms with Crippen LogP contribution in [0.25, 0.3) is 0 Å². The number of rotatable bonds is 2. The Morgan fingerprint density at radius 2 is 1.96 bits per heavy atom. The standard InChI is InChI=1S/C21H30O3/c1-20-11-4-3-5-13(20)6-7-14-15-8-9-17(18(22)19(23)24)21(15,2)12-10-16(14)20/h3,5-6,14-17,19,23-24H,4,7-12H2,1-2H3/t14-,15-,16-,17+,20-,21-/m0/s1. The van der Waals surface area contributed by atoms with Gasteiger partial charge in [0.05, 0.1) is 0 Å². The number of hydrogen-bond acceptors (Lipinski definition) is 3. The first-order valence-corrected chi connectivity index (χ1v) is 9.65. The smallest absolute Gasteiger partial charge is 0.213 e. The molecule has 0 aromatic carbocycles. The van der Waals surface area contributed by atoms with Crippen LogP contribution in [0.5, 0.6) is 0 Å². The normalized spacial score (nSPS) is 47.0. The molecule has 0 unspecified atom stereocenters. The van der Waals surface area contributed by atoms with E-state index in [-0.39, 0.29) is 17.1 Å². The Hall–Kier alpha value is -0.930. The highest BCUT2D eigenvalue weighted by Gasteiger charge is 2.59. The van der Waals surface area contributed by atoms with E-state index in [9.17, 15) is 15.0 Å². The minimum Gasteiger partial charge on any atom is -0.362 e. The van der Waals surface area contributed by atoms with Crippen molar-refractivity contribution in [2.24, 2.45) is 34.5 Å². The first-order chi connectivity index (χ1) is 11.4. The molecule has 0 amide bonds. The molecule has 0 radical (unpaired) electrons. The maximum absolute atomic E-state index is 12.3. The lowest BCUT2D eigenvalue weighted by molar-refractivity contribution is -0.155. The number of allylic oxidation sites excluding steroid dienone is 4. The molecule has 3 heteroatoms. The number of carbonyl (C=O) groups is 1. The maximum atomic E-state index is 12.3. The first-order valence-electron chi connectivity index (χ1n) is 9.65. The molecule has 0 heterocycles. The van der Waals surface area contributed by atoms with Gasteiger partial charge in [-0.1, -0.05) is 32.1 Å². The fourth-order valence-electron chi connectivity index (χ4n) is 6.95. The van der Waals surface area contributed by atoms with Crippen LogP contribution in [0.3, 0.4) is 0 Å². The number of aliphatic hydroxyl groups excluding tert-OH is 1. The topological polar surface area (TPSA) is 57.5 Å². The van der Waals surface area contributed by atoms with Crippen molar-refractivity contribution in [2.75, 3.05) is 0 Å². The predicted octanol–water partition coefficient (Wildman–Crippen LogP) is 3.61. The molecular formula is C21H30O3. The third kappa shape index (κ3) is 2.13. The van der Waals surface area contributed by atoms with Gasteiger partial charge in [0.2, 0.25) is 6.29 Å². The number of fused-ring (bicyclic) bond motifs is 5. The zero-order chi connectivity index (χ0) is 17.1. The molecule has 4 aliphatic rings. The summed E-state index contributed by atoms with van der Waals surface area (Å²) in [7, 11) is 0. The third-order valence-corrected chi connectivity index (χ3v) is 8.25. The van der Waals surface area contributed by atoms with Crippen LogP contribution in [0, 0.1) is 34.5 Å². The number of aliphatic hydroxyl groups is 2. The van der Waals surface area contributed by atoms with E-state index in [0.717, 1.165) is 25.7 Å². The largest absolute Gasteiger partial charge is 0.362 e. The van der Waals surface area contributed by atoms with Crippen molar-refractivity contribution in [1.29, 1.82) is 0 Å². The molecule has 4 aliphatic carbocycles. The van der Waals surface area contributed by atoms with Gasteiger partial charge < -0.3 is 10.2 Å². The third-order valence-electron chi connectivity index (χ3n) is 8.25. The summed E-state index contributed by atoms with van der Waals surface area (Å²) >= 11 is 0. The molecule has 0 saturated heterocycles. The molecule has 6 atom stereocenters. The minimum absolute atomic E-state index is 0.0475. The molecule has 0 aliphatic heterocycles. The van der Waals surface area contributed by atoms with Crippen molar-refractivity contribution in [2.45, 2.75) is 65.1 Å². The molecule has 0 bridgehead atoms. The number of Topliss-reactive ketones (excluding diaryl/α,β-unsaturated/α-hetero) is 1. The Labute approximate surface area is 144 Å². The van der Waals surface area contributed by atoms with Gasteiger partial charge in [-0.2, -0.15) is 0 Å². The summed E-state index contributed by atoms with van der Waals surface area (Å²) in [6.07, 6.45) is 13.0. The van der Waals surface area contributed by atoms with Gasteiger partial charge >= 0.3 is 0 Å². The van der Waals surface area contributed by atoms with Crippen LogP contribution in [0.15, 0.2) is 23.8 Å². The predicted molar refractivity (Wildman–Crippen MR) is 92.9 cm³/mol. The SMILES string of the molecule is C[C@]12CC[C@H]3[C@@H](CC=C4C=CCC[C@@]43C)[C@@H]1CC[C@@H]2C(=O)C(O)O. The number of carbonyl (C=O) groups excluding carboxylic acids is 1. The van der Waals surface area contributed by atoms with E-state index >= 15 is 0 Å². The molecular weight excluding hydrogens is 300 g/mol. The highest BCUT2D eigenvalue weighted by molar-refractivity contribution is 5.84. The van der Waals surface area contributed by atoms with Crippen molar-refractivity contribution in [1.82, 2.24) is 0 Å². The zero-order valence-corrected chi connectivity index (χ0v) is 14.9. The molecule has 2 fully saturated rings. The lowest BCUT2D eigenvalue weighted by Crippen LogP contribution is -2.50. The average molecular weight is 330 g/mol. The van der Waals surface area contributed by atoms with Crippen LogP contribution in [0.4, 0.5) is 0 Å². The second kappa shape index (κ2) is 5.54. The van der Waals surface area contributed by atoms with Gasteiger partial charge in [-0.15, -0.1) is 0 Å². The monoisotopic (exact) mass is 330 g/mol. The van der Waals surface area contributed by atoms with E-state index in [0.29, 0.717) is 23.2 Å². The second-order valence-corrected chi connectivity index (χ2v) is 9.08. The van der Waals surface area contributed by atoms with Gasteiger partial charge in [-0.05, 0) is 79.1 Å². The van der Waals surface area contributed by atoms with E-state index in [1.165, 1.54) is 24.8 Å². The molecule has 24 heavy (non-hydrogen) atoms. The van der Waals surface area contributed by atoms with Crippen molar-refractivity contribution < 1.29 is 15.0 Å². The highest BCUT2D eigenvalue weighted by atomic mass is 16.5. The Morgan fingerprint density at radius 1 is 1.17 bits per heavy atom. The van der Waals surface area contributed by atoms with E-state index in [4.69, 9.17) is 0 Å². The fraction of sp³-hybridized carbons (Fsp3) is 0.762. The fourth-order valence-corrected chi connectivity index (χ4v) is 6.95. The summed E-state index contributed by atoms with van der Waals surface area (Å²) in [6.45, 7) is 4.70. The van der Waals surface area contributed by atoms with Crippen molar-refractivity contribution in [3.05, 3.63) is 23.8 Å². The van der Waals surface area contributed by atoms with Crippen molar-refractivity contribution in [3.8, 4) is 0 Å². The van der Waals surface area contributed by atoms with Gasteiger partial charge in [-0.3, -0.25) is 4.79 Å². The Morgan fingerprint density at radius 3 is 2.71 bits per heavy atom. The summed E-state index contributed by atoms with van der Waals surface area (Å²) in [6, 6.07) is 0. The van der Waals surface area contributed by atoms with Crippen LogP contribution in [-0.4, -0.2) is 22.3 Å². The molecule has 2 N–H and O–H groups in total. The molecule has 0 aromatic rings. The Kier molecular flexibility index (Phi) is 3.81. The average Bonchev–Trinajstić information content (AvgIpc) is 2.90. The van der Waals surface area contributed by atoms with E-state index in [1.54, 1.807) is 0 Å². The van der Waals surface area contributed by atoms with Gasteiger partial charge in [0.1, 0.15) is 0 Å². The van der Waals surface area contributed by atoms with Crippen molar-refractivity contribution >= 4 is 5.78 Å². The van der Waals surface area contributed by atoms with Crippen LogP contribution in [-0.2, 0) is 4.79 Å². The van der Waals surface area contributed by atoms with E-state index in [2.05, 4.69) is 32.1 Å². The maximum Gasteiger partial charge on any atom is 0.213 e. The summed E-state index contributed by atoms with van der Waals surface area (Å²) in [4.78, 5) is 12.3. The molecule has 2 saturated carbocycles. The molecule has 0 spiro atoms. The lowest BCUT2D eigenvalue weighted by atomic mass is 9.48. The molecule has 3 nitrogen and oxygen atoms in total. The Bertz CT molecular complexity index is 604. The zero-order valence-electron chi connectivity index (χ0n) is 14.9. The van der Waals surface area contributed by atoms with E-state index in [1.807, 2.05) is 0 Å². The summed E-state index contributed by atoms with van der Waals surface area (Å²) < 4.78 is 0. The highest BCUT2D eigenvalue weighted by Crippen LogP contribution is 2.65. The van der Waals surface area contributed by atoms with Gasteiger partial charge in [0.25, 0.3) is 0 Å². The summed E-state index contributed by atoms with van der Waals surface area (Å²) in [5.74, 6) is 1.39. The van der Waals surface area contributed by atoms with Gasteiger partial charge in [0.15, 0.2) is 5.78 Å². The summed E-state index contributed by atoms with van der Waals surface area (Å²) in [5, 5.41) is 18.8. The lowest BCUT2D eigenvalue weighted by Gasteiger charge is -2.56. The first kappa shape index (κ1) is 16.5. The van der Waals surface area contributed by atoms with Crippen LogP contribution < -0.4 is 0 Å². The van der Waals surface area contributed by atoms with Gasteiger partial charge in [-0.25, -0.2) is 0 Å². The molecule has 0 aromatic heterocycles. The van der Waals surface area contributed by atoms with Crippen LogP contribution in [0.2, 0.25) is 0 Å². The molecule has 4 rings (SSSR count). The number of hydrogen-bond donors (Lipinski definition) is 2. The van der Waals surface area contributed by atoms with E-state index < -0.39 is 6.29 Å². The summed E-state index contributed by atoms with van der Waals surface area (Å²) in [5.41, 5.74) is 1.79. The quantitative estimate of drug-likeness (QED) is 0.761. The van der Waals surface area contributed by atoms with Crippen molar-refractivity contribution in [3.63, 3.8) is 0 Å². The van der Waals surface area contributed by atoms with Gasteiger partial charge in [0, 0.05) is 5.92 Å².